The van der Waals surface area contributed by atoms with Gasteiger partial charge in [0.05, 0.1) is 11.9 Å². The molecule has 1 aromatic carbocycles. The van der Waals surface area contributed by atoms with Crippen LogP contribution in [-0.4, -0.2) is 18.6 Å². The predicted octanol–water partition coefficient (Wildman–Crippen LogP) is 2.32. The van der Waals surface area contributed by atoms with E-state index in [0.29, 0.717) is 8.95 Å². The fraction of sp³-hybridized carbons (Fsp3) is 0. The van der Waals surface area contributed by atoms with Crippen LogP contribution in [0.3, 0.4) is 0 Å². The molecule has 0 aliphatic rings. The molecule has 96 valence electrons. The van der Waals surface area contributed by atoms with Gasteiger partial charge in [-0.05, 0) is 28.1 Å². The molecule has 2 rings (SSSR count). The average molecular weight is 396 g/mol. The van der Waals surface area contributed by atoms with Crippen LogP contribution < -0.4 is 10.5 Å². The SMILES string of the molecule is Nc1cc(Br)cc(Br)c1S(=O)(=O)Nc1ccn[nH]1. The fourth-order valence-corrected chi connectivity index (χ4v) is 4.46. The van der Waals surface area contributed by atoms with Crippen LogP contribution >= 0.6 is 31.9 Å². The molecule has 2 aromatic rings. The van der Waals surface area contributed by atoms with Gasteiger partial charge in [0.15, 0.2) is 0 Å². The smallest absolute Gasteiger partial charge is 0.266 e. The van der Waals surface area contributed by atoms with Gasteiger partial charge < -0.3 is 5.73 Å². The van der Waals surface area contributed by atoms with E-state index in [0.717, 1.165) is 0 Å². The van der Waals surface area contributed by atoms with Gasteiger partial charge in [-0.25, -0.2) is 8.42 Å². The summed E-state index contributed by atoms with van der Waals surface area (Å²) in [5.74, 6) is 0.268. The van der Waals surface area contributed by atoms with Gasteiger partial charge in [0, 0.05) is 15.0 Å². The van der Waals surface area contributed by atoms with Gasteiger partial charge in [-0.1, -0.05) is 15.9 Å². The highest BCUT2D eigenvalue weighted by Gasteiger charge is 2.22. The molecule has 0 amide bonds. The molecule has 6 nitrogen and oxygen atoms in total. The van der Waals surface area contributed by atoms with E-state index in [-0.39, 0.29) is 16.4 Å². The molecule has 1 aromatic heterocycles. The number of nitrogens with two attached hydrogens (primary N) is 1. The summed E-state index contributed by atoms with van der Waals surface area (Å²) in [5.41, 5.74) is 5.87. The molecule has 0 fully saturated rings. The number of nitrogens with one attached hydrogen (secondary N) is 2. The Hall–Kier alpha value is -1.06. The van der Waals surface area contributed by atoms with Gasteiger partial charge in [-0.3, -0.25) is 9.82 Å². The number of sulfonamides is 1. The van der Waals surface area contributed by atoms with Crippen LogP contribution in [0.2, 0.25) is 0 Å². The second-order valence-corrected chi connectivity index (χ2v) is 6.77. The Kier molecular flexibility index (Phi) is 3.64. The maximum Gasteiger partial charge on any atom is 0.266 e. The zero-order chi connectivity index (χ0) is 13.3. The van der Waals surface area contributed by atoms with Crippen LogP contribution in [0.1, 0.15) is 0 Å². The number of anilines is 2. The highest BCUT2D eigenvalue weighted by atomic mass is 79.9. The van der Waals surface area contributed by atoms with Crippen molar-refractivity contribution in [2.45, 2.75) is 4.90 Å². The van der Waals surface area contributed by atoms with Crippen LogP contribution in [0.4, 0.5) is 11.5 Å². The van der Waals surface area contributed by atoms with Gasteiger partial charge in [-0.2, -0.15) is 5.10 Å². The molecule has 9 heteroatoms. The molecule has 18 heavy (non-hydrogen) atoms. The molecule has 4 N–H and O–H groups in total. The van der Waals surface area contributed by atoms with E-state index >= 15 is 0 Å². The topological polar surface area (TPSA) is 101 Å². The lowest BCUT2D eigenvalue weighted by Crippen LogP contribution is -2.15. The predicted molar refractivity (Wildman–Crippen MR) is 75.7 cm³/mol. The van der Waals surface area contributed by atoms with E-state index in [4.69, 9.17) is 5.73 Å². The lowest BCUT2D eigenvalue weighted by molar-refractivity contribution is 0.601. The Morgan fingerprint density at radius 1 is 1.33 bits per heavy atom. The van der Waals surface area contributed by atoms with E-state index in [1.165, 1.54) is 18.3 Å². The number of aromatic nitrogens is 2. The third-order valence-electron chi connectivity index (χ3n) is 2.05. The molecule has 0 bridgehead atoms. The highest BCUT2D eigenvalue weighted by molar-refractivity contribution is 9.11. The molecule has 0 saturated heterocycles. The highest BCUT2D eigenvalue weighted by Crippen LogP contribution is 2.32. The molecule has 0 atom stereocenters. The fourth-order valence-electron chi connectivity index (χ4n) is 1.37. The van der Waals surface area contributed by atoms with Gasteiger partial charge >= 0.3 is 0 Å². The van der Waals surface area contributed by atoms with Crippen molar-refractivity contribution in [3.05, 3.63) is 33.3 Å². The Bertz CT molecular complexity index is 647. The Morgan fingerprint density at radius 2 is 2.06 bits per heavy atom. The minimum atomic E-state index is -3.78. The van der Waals surface area contributed by atoms with Crippen LogP contribution in [-0.2, 0) is 10.0 Å². The summed E-state index contributed by atoms with van der Waals surface area (Å²) in [6, 6.07) is 4.63. The van der Waals surface area contributed by atoms with E-state index in [1.807, 2.05) is 0 Å². The van der Waals surface area contributed by atoms with Crippen LogP contribution in [0.5, 0.6) is 0 Å². The second kappa shape index (κ2) is 4.90. The second-order valence-electron chi connectivity index (χ2n) is 3.38. The van der Waals surface area contributed by atoms with Crippen molar-refractivity contribution in [1.82, 2.24) is 10.2 Å². The summed E-state index contributed by atoms with van der Waals surface area (Å²) in [5, 5.41) is 6.16. The van der Waals surface area contributed by atoms with Crippen molar-refractivity contribution in [2.24, 2.45) is 0 Å². The quantitative estimate of drug-likeness (QED) is 0.694. The summed E-state index contributed by atoms with van der Waals surface area (Å²) in [6.45, 7) is 0. The number of nitrogens with zero attached hydrogens (tertiary/aromatic N) is 1. The monoisotopic (exact) mass is 394 g/mol. The van der Waals surface area contributed by atoms with Gasteiger partial charge in [0.1, 0.15) is 10.7 Å². The summed E-state index contributed by atoms with van der Waals surface area (Å²) < 4.78 is 27.7. The Labute approximate surface area is 120 Å². The molecular weight excluding hydrogens is 388 g/mol. The van der Waals surface area contributed by atoms with Crippen molar-refractivity contribution >= 4 is 53.4 Å². The first-order valence-corrected chi connectivity index (χ1v) is 7.74. The van der Waals surface area contributed by atoms with Crippen LogP contribution in [0, 0.1) is 0 Å². The average Bonchev–Trinajstić information content (AvgIpc) is 2.66. The number of nitrogen functional groups attached to an aromatic ring is 1. The van der Waals surface area contributed by atoms with E-state index in [2.05, 4.69) is 46.8 Å². The maximum absolute atomic E-state index is 12.2. The number of aromatic amines is 1. The lowest BCUT2D eigenvalue weighted by atomic mass is 10.3. The number of hydrogen-bond acceptors (Lipinski definition) is 4. The summed E-state index contributed by atoms with van der Waals surface area (Å²) in [6.07, 6.45) is 1.44. The van der Waals surface area contributed by atoms with Gasteiger partial charge in [0.2, 0.25) is 0 Å². The summed E-state index contributed by atoms with van der Waals surface area (Å²) >= 11 is 6.42. The summed E-state index contributed by atoms with van der Waals surface area (Å²) in [4.78, 5) is -0.0136. The molecule has 1 heterocycles. The Morgan fingerprint density at radius 3 is 2.61 bits per heavy atom. The Balaban J connectivity index is 2.48. The van der Waals surface area contributed by atoms with Gasteiger partial charge in [0.25, 0.3) is 10.0 Å². The van der Waals surface area contributed by atoms with E-state index < -0.39 is 10.0 Å². The molecular formula is C9H8Br2N4O2S. The first-order valence-electron chi connectivity index (χ1n) is 4.67. The molecule has 0 aliphatic heterocycles. The zero-order valence-corrected chi connectivity index (χ0v) is 12.8. The number of hydrogen-bond donors (Lipinski definition) is 3. The third-order valence-corrected chi connectivity index (χ3v) is 4.88. The van der Waals surface area contributed by atoms with Crippen molar-refractivity contribution in [1.29, 1.82) is 0 Å². The third kappa shape index (κ3) is 2.68. The van der Waals surface area contributed by atoms with Gasteiger partial charge in [-0.15, -0.1) is 0 Å². The van der Waals surface area contributed by atoms with Crippen molar-refractivity contribution in [3.63, 3.8) is 0 Å². The lowest BCUT2D eigenvalue weighted by Gasteiger charge is -2.11. The number of benzene rings is 1. The maximum atomic E-state index is 12.2. The van der Waals surface area contributed by atoms with Crippen LogP contribution in [0.25, 0.3) is 0 Å². The molecule has 0 spiro atoms. The minimum absolute atomic E-state index is 0.0136. The molecule has 0 saturated carbocycles. The minimum Gasteiger partial charge on any atom is -0.398 e. The van der Waals surface area contributed by atoms with E-state index in [1.54, 1.807) is 6.07 Å². The number of halogens is 2. The first kappa shape index (κ1) is 13.4. The first-order chi connectivity index (χ1) is 8.40. The summed E-state index contributed by atoms with van der Waals surface area (Å²) in [7, 11) is -3.78. The van der Waals surface area contributed by atoms with Crippen molar-refractivity contribution in [2.75, 3.05) is 10.5 Å². The number of H-pyrrole nitrogens is 1. The number of rotatable bonds is 3. The van der Waals surface area contributed by atoms with Crippen molar-refractivity contribution < 1.29 is 8.42 Å². The normalized spacial score (nSPS) is 11.4. The molecule has 0 unspecified atom stereocenters. The largest absolute Gasteiger partial charge is 0.398 e. The van der Waals surface area contributed by atoms with Crippen molar-refractivity contribution in [3.8, 4) is 0 Å². The molecule has 0 aliphatic carbocycles. The standard InChI is InChI=1S/C9H8Br2N4O2S/c10-5-3-6(11)9(7(12)4-5)18(16,17)15-8-1-2-13-14-8/h1-4H,12H2,(H2,13,14,15). The van der Waals surface area contributed by atoms with Crippen LogP contribution in [0.15, 0.2) is 38.2 Å². The zero-order valence-electron chi connectivity index (χ0n) is 8.81. The molecule has 0 radical (unpaired) electrons. The van der Waals surface area contributed by atoms with E-state index in [9.17, 15) is 8.42 Å².